The molecule has 4 aliphatic rings. The van der Waals surface area contributed by atoms with Crippen LogP contribution < -0.4 is 15.1 Å². The van der Waals surface area contributed by atoms with Crippen LogP contribution in [-0.4, -0.2) is 48.9 Å². The maximum atomic E-state index is 14.1. The second-order valence-electron chi connectivity index (χ2n) is 10.8. The highest BCUT2D eigenvalue weighted by Crippen LogP contribution is 2.44. The van der Waals surface area contributed by atoms with Crippen LogP contribution in [0, 0.1) is 5.92 Å². The number of benzene rings is 1. The Bertz CT molecular complexity index is 1090. The molecule has 1 aromatic heterocycles. The minimum Gasteiger partial charge on any atom is -0.381 e. The zero-order valence-corrected chi connectivity index (χ0v) is 21.5. The first-order chi connectivity index (χ1) is 17.6. The third-order valence-corrected chi connectivity index (χ3v) is 8.76. The number of methoxy groups -OCH3 is 1. The molecule has 192 valence electrons. The molecule has 2 saturated heterocycles. The molecular formula is C29H38N4O3. The number of piperidine rings is 1. The molecule has 1 saturated carbocycles. The smallest absolute Gasteiger partial charge is 0.230 e. The van der Waals surface area contributed by atoms with Crippen LogP contribution in [0.4, 0.5) is 22.9 Å². The van der Waals surface area contributed by atoms with Crippen LogP contribution in [0.3, 0.4) is 0 Å². The van der Waals surface area contributed by atoms with Gasteiger partial charge in [-0.25, -0.2) is 4.98 Å². The average molecular weight is 491 g/mol. The second kappa shape index (κ2) is 10.0. The van der Waals surface area contributed by atoms with E-state index in [0.29, 0.717) is 30.8 Å². The minimum absolute atomic E-state index is 0.0325. The van der Waals surface area contributed by atoms with Crippen molar-refractivity contribution in [3.63, 3.8) is 0 Å². The van der Waals surface area contributed by atoms with E-state index in [1.165, 1.54) is 18.5 Å². The molecule has 1 N–H and O–H groups in total. The van der Waals surface area contributed by atoms with E-state index in [0.717, 1.165) is 67.9 Å². The van der Waals surface area contributed by atoms with E-state index >= 15 is 0 Å². The molecule has 1 aliphatic carbocycles. The van der Waals surface area contributed by atoms with Crippen LogP contribution in [0.5, 0.6) is 0 Å². The van der Waals surface area contributed by atoms with Gasteiger partial charge in [-0.05, 0) is 82.6 Å². The first-order valence-electron chi connectivity index (χ1n) is 13.7. The number of pyridine rings is 1. The lowest BCUT2D eigenvalue weighted by molar-refractivity contribution is -0.124. The zero-order chi connectivity index (χ0) is 24.6. The fourth-order valence-electron chi connectivity index (χ4n) is 6.94. The van der Waals surface area contributed by atoms with E-state index in [-0.39, 0.29) is 11.8 Å². The lowest BCUT2D eigenvalue weighted by Crippen LogP contribution is -2.45. The van der Waals surface area contributed by atoms with Crippen molar-refractivity contribution in [1.29, 1.82) is 0 Å². The Morgan fingerprint density at radius 3 is 2.56 bits per heavy atom. The van der Waals surface area contributed by atoms with Gasteiger partial charge in [0.15, 0.2) is 0 Å². The summed E-state index contributed by atoms with van der Waals surface area (Å²) in [6.45, 7) is 3.32. The van der Waals surface area contributed by atoms with Gasteiger partial charge in [-0.3, -0.25) is 4.79 Å². The number of fused-ring (bicyclic) bond motifs is 4. The molecule has 3 fully saturated rings. The summed E-state index contributed by atoms with van der Waals surface area (Å²) in [6, 6.07) is 11.6. The van der Waals surface area contributed by atoms with Gasteiger partial charge in [-0.1, -0.05) is 6.07 Å². The third-order valence-electron chi connectivity index (χ3n) is 8.76. The summed E-state index contributed by atoms with van der Waals surface area (Å²) in [5.41, 5.74) is 4.18. The molecule has 6 rings (SSSR count). The molecule has 1 amide bonds. The number of rotatable bonds is 5. The molecule has 7 heteroatoms. The van der Waals surface area contributed by atoms with Crippen LogP contribution in [0.1, 0.15) is 63.9 Å². The second-order valence-corrected chi connectivity index (χ2v) is 10.8. The monoisotopic (exact) mass is 490 g/mol. The number of carbonyl (C=O) groups is 1. The number of nitrogens with zero attached hydrogens (tertiary/aromatic N) is 3. The Balaban J connectivity index is 1.32. The first kappa shape index (κ1) is 23.7. The van der Waals surface area contributed by atoms with Gasteiger partial charge < -0.3 is 24.6 Å². The highest BCUT2D eigenvalue weighted by Gasteiger charge is 2.41. The molecular weight excluding hydrogens is 452 g/mol. The van der Waals surface area contributed by atoms with Crippen molar-refractivity contribution in [3.8, 4) is 0 Å². The van der Waals surface area contributed by atoms with E-state index in [2.05, 4.69) is 39.5 Å². The van der Waals surface area contributed by atoms with Crippen LogP contribution >= 0.6 is 0 Å². The highest BCUT2D eigenvalue weighted by molar-refractivity contribution is 6.00. The number of anilines is 4. The number of ether oxygens (including phenoxy) is 2. The fourth-order valence-corrected chi connectivity index (χ4v) is 6.94. The topological polar surface area (TPSA) is 66.9 Å². The summed E-state index contributed by atoms with van der Waals surface area (Å²) < 4.78 is 11.6. The SMILES string of the molecule is CCOC1CCC(C(=O)N2Cc3cccnc3Nc3ccc(N4C5CC[C@@H]4CC(OC)C5)cc32)CC1. The normalized spacial score (nSPS) is 29.2. The van der Waals surface area contributed by atoms with Crippen molar-refractivity contribution >= 4 is 28.8 Å². The zero-order valence-electron chi connectivity index (χ0n) is 21.5. The maximum absolute atomic E-state index is 14.1. The number of hydrogen-bond acceptors (Lipinski definition) is 6. The van der Waals surface area contributed by atoms with Crippen LogP contribution in [0.15, 0.2) is 36.5 Å². The molecule has 3 aliphatic heterocycles. The van der Waals surface area contributed by atoms with Crippen molar-refractivity contribution in [2.24, 2.45) is 5.92 Å². The highest BCUT2D eigenvalue weighted by atomic mass is 16.5. The molecule has 2 aromatic rings. The number of nitrogens with one attached hydrogen (secondary N) is 1. The molecule has 3 atom stereocenters. The summed E-state index contributed by atoms with van der Waals surface area (Å²) in [4.78, 5) is 23.3. The average Bonchev–Trinajstić information content (AvgIpc) is 3.08. The van der Waals surface area contributed by atoms with Gasteiger partial charge >= 0.3 is 0 Å². The predicted molar refractivity (Wildman–Crippen MR) is 142 cm³/mol. The van der Waals surface area contributed by atoms with Crippen molar-refractivity contribution in [1.82, 2.24) is 4.98 Å². The Morgan fingerprint density at radius 1 is 1.06 bits per heavy atom. The van der Waals surface area contributed by atoms with Gasteiger partial charge in [0.05, 0.1) is 30.1 Å². The summed E-state index contributed by atoms with van der Waals surface area (Å²) >= 11 is 0. The van der Waals surface area contributed by atoms with Gasteiger partial charge in [-0.2, -0.15) is 0 Å². The van der Waals surface area contributed by atoms with Crippen molar-refractivity contribution in [3.05, 3.63) is 42.1 Å². The van der Waals surface area contributed by atoms with Gasteiger partial charge in [0, 0.05) is 49.2 Å². The van der Waals surface area contributed by atoms with E-state index in [1.54, 1.807) is 0 Å². The number of aromatic nitrogens is 1. The first-order valence-corrected chi connectivity index (χ1v) is 13.7. The third kappa shape index (κ3) is 4.37. The van der Waals surface area contributed by atoms with Crippen molar-refractivity contribution in [2.45, 2.75) is 89.1 Å². The number of hydrogen-bond donors (Lipinski definition) is 1. The van der Waals surface area contributed by atoms with Gasteiger partial charge in [0.1, 0.15) is 5.82 Å². The van der Waals surface area contributed by atoms with Crippen LogP contribution in [0.2, 0.25) is 0 Å². The molecule has 7 nitrogen and oxygen atoms in total. The van der Waals surface area contributed by atoms with E-state index in [4.69, 9.17) is 9.47 Å². The molecule has 4 heterocycles. The quantitative estimate of drug-likeness (QED) is 0.604. The van der Waals surface area contributed by atoms with E-state index in [1.807, 2.05) is 31.2 Å². The predicted octanol–water partition coefficient (Wildman–Crippen LogP) is 5.41. The summed E-state index contributed by atoms with van der Waals surface area (Å²) in [6.07, 6.45) is 10.7. The van der Waals surface area contributed by atoms with Crippen LogP contribution in [-0.2, 0) is 20.8 Å². The van der Waals surface area contributed by atoms with Gasteiger partial charge in [0.25, 0.3) is 0 Å². The van der Waals surface area contributed by atoms with Crippen molar-refractivity contribution in [2.75, 3.05) is 28.8 Å². The standard InChI is InChI=1S/C29H38N4O3/c1-3-36-24-11-6-19(7-12-24)29(34)32-18-20-5-4-14-30-28(20)31-26-13-10-23(17-27(26)32)33-21-8-9-22(33)16-25(15-21)35-2/h4-5,10,13-14,17,19,21-22,24-25H,3,6-9,11-12,15-16,18H2,1-2H3,(H,30,31)/t19?,21-,22?,24?,25?/m1/s1. The molecule has 0 spiro atoms. The fraction of sp³-hybridized carbons (Fsp3) is 0.586. The Morgan fingerprint density at radius 2 is 1.83 bits per heavy atom. The van der Waals surface area contributed by atoms with E-state index in [9.17, 15) is 4.79 Å². The van der Waals surface area contributed by atoms with E-state index < -0.39 is 0 Å². The molecule has 0 radical (unpaired) electrons. The molecule has 1 aromatic carbocycles. The Labute approximate surface area is 214 Å². The summed E-state index contributed by atoms with van der Waals surface area (Å²) in [5, 5.41) is 3.54. The number of amides is 1. The number of carbonyl (C=O) groups excluding carboxylic acids is 1. The Kier molecular flexibility index (Phi) is 6.61. The summed E-state index contributed by atoms with van der Waals surface area (Å²) in [7, 11) is 1.84. The minimum atomic E-state index is 0.0325. The Hall–Kier alpha value is -2.64. The molecule has 2 bridgehead atoms. The van der Waals surface area contributed by atoms with Crippen molar-refractivity contribution < 1.29 is 14.3 Å². The largest absolute Gasteiger partial charge is 0.381 e. The van der Waals surface area contributed by atoms with Gasteiger partial charge in [-0.15, -0.1) is 0 Å². The van der Waals surface area contributed by atoms with Crippen LogP contribution in [0.25, 0.3) is 0 Å². The van der Waals surface area contributed by atoms with Gasteiger partial charge in [0.2, 0.25) is 5.91 Å². The summed E-state index contributed by atoms with van der Waals surface area (Å²) in [5.74, 6) is 1.09. The lowest BCUT2D eigenvalue weighted by Gasteiger charge is -2.40. The maximum Gasteiger partial charge on any atom is 0.230 e. The lowest BCUT2D eigenvalue weighted by atomic mass is 9.86. The molecule has 2 unspecified atom stereocenters. The molecule has 36 heavy (non-hydrogen) atoms.